The van der Waals surface area contributed by atoms with E-state index in [1.807, 2.05) is 29.8 Å². The highest BCUT2D eigenvalue weighted by Gasteiger charge is 2.15. The van der Waals surface area contributed by atoms with Crippen molar-refractivity contribution in [3.8, 4) is 5.69 Å². The lowest BCUT2D eigenvalue weighted by atomic mass is 10.2. The van der Waals surface area contributed by atoms with E-state index >= 15 is 0 Å². The lowest BCUT2D eigenvalue weighted by Crippen LogP contribution is -2.10. The van der Waals surface area contributed by atoms with Crippen molar-refractivity contribution in [1.82, 2.24) is 14.8 Å². The number of aryl methyl sites for hydroxylation is 1. The Kier molecular flexibility index (Phi) is 4.22. The normalized spacial score (nSPS) is 11.3. The summed E-state index contributed by atoms with van der Waals surface area (Å²) in [5, 5.41) is 5.29. The third kappa shape index (κ3) is 2.96. The molecule has 0 spiro atoms. The van der Waals surface area contributed by atoms with Gasteiger partial charge in [-0.05, 0) is 31.2 Å². The summed E-state index contributed by atoms with van der Waals surface area (Å²) in [4.78, 5) is 4.58. The van der Waals surface area contributed by atoms with Crippen LogP contribution in [-0.2, 0) is 6.42 Å². The fourth-order valence-electron chi connectivity index (χ4n) is 1.90. The van der Waals surface area contributed by atoms with E-state index in [0.717, 1.165) is 22.9 Å². The highest BCUT2D eigenvalue weighted by Crippen LogP contribution is 2.21. The zero-order valence-electron chi connectivity index (χ0n) is 11.5. The minimum absolute atomic E-state index is 0.289. The molecule has 0 fully saturated rings. The van der Waals surface area contributed by atoms with Crippen LogP contribution in [0.1, 0.15) is 37.0 Å². The molecule has 1 aromatic carbocycles. The Morgan fingerprint density at radius 1 is 1.37 bits per heavy atom. The highest BCUT2D eigenvalue weighted by molar-refractivity contribution is 6.30. The monoisotopic (exact) mass is 278 g/mol. The van der Waals surface area contributed by atoms with Gasteiger partial charge in [-0.25, -0.2) is 9.67 Å². The third-order valence-electron chi connectivity index (χ3n) is 2.97. The van der Waals surface area contributed by atoms with Crippen molar-refractivity contribution in [2.45, 2.75) is 33.1 Å². The minimum Gasteiger partial charge on any atom is -0.330 e. The molecule has 0 aliphatic carbocycles. The van der Waals surface area contributed by atoms with Crippen molar-refractivity contribution < 1.29 is 0 Å². The predicted octanol–water partition coefficient (Wildman–Crippen LogP) is 2.85. The van der Waals surface area contributed by atoms with Gasteiger partial charge in [0.05, 0.1) is 5.69 Å². The molecule has 2 aromatic rings. The van der Waals surface area contributed by atoms with Gasteiger partial charge in [-0.1, -0.05) is 31.5 Å². The molecule has 0 saturated heterocycles. The topological polar surface area (TPSA) is 56.7 Å². The smallest absolute Gasteiger partial charge is 0.153 e. The molecule has 0 aliphatic heterocycles. The summed E-state index contributed by atoms with van der Waals surface area (Å²) in [7, 11) is 0. The van der Waals surface area contributed by atoms with Gasteiger partial charge in [0.1, 0.15) is 5.82 Å². The van der Waals surface area contributed by atoms with Gasteiger partial charge in [-0.3, -0.25) is 0 Å². The first-order valence-corrected chi connectivity index (χ1v) is 6.83. The molecule has 0 radical (unpaired) electrons. The maximum absolute atomic E-state index is 6.08. The van der Waals surface area contributed by atoms with Gasteiger partial charge < -0.3 is 5.73 Å². The van der Waals surface area contributed by atoms with Gasteiger partial charge in [0.25, 0.3) is 0 Å². The highest BCUT2D eigenvalue weighted by atomic mass is 35.5. The molecule has 0 atom stereocenters. The van der Waals surface area contributed by atoms with E-state index in [1.165, 1.54) is 0 Å². The van der Waals surface area contributed by atoms with Crippen LogP contribution < -0.4 is 5.73 Å². The van der Waals surface area contributed by atoms with Crippen LogP contribution in [0.15, 0.2) is 18.2 Å². The standard InChI is InChI=1S/C14H19ClN4/c1-9(2)14-17-13(6-7-16)19(18-14)12-8-11(15)5-4-10(12)3/h4-5,8-9H,6-7,16H2,1-3H3. The van der Waals surface area contributed by atoms with Crippen molar-refractivity contribution in [3.63, 3.8) is 0 Å². The summed E-state index contributed by atoms with van der Waals surface area (Å²) in [6, 6.07) is 5.78. The van der Waals surface area contributed by atoms with Crippen LogP contribution in [-0.4, -0.2) is 21.3 Å². The Morgan fingerprint density at radius 2 is 2.11 bits per heavy atom. The second kappa shape index (κ2) is 5.72. The van der Waals surface area contributed by atoms with Gasteiger partial charge in [-0.2, -0.15) is 5.10 Å². The molecule has 2 rings (SSSR count). The molecule has 1 heterocycles. The molecule has 0 unspecified atom stereocenters. The first kappa shape index (κ1) is 14.0. The van der Waals surface area contributed by atoms with Gasteiger partial charge in [-0.15, -0.1) is 0 Å². The molecule has 102 valence electrons. The average Bonchev–Trinajstić information content (AvgIpc) is 2.77. The maximum atomic E-state index is 6.08. The molecular formula is C14H19ClN4. The molecule has 1 aromatic heterocycles. The molecule has 0 amide bonds. The van der Waals surface area contributed by atoms with Crippen molar-refractivity contribution in [1.29, 1.82) is 0 Å². The summed E-state index contributed by atoms with van der Waals surface area (Å²) < 4.78 is 1.86. The SMILES string of the molecule is Cc1ccc(Cl)cc1-n1nc(C(C)C)nc1CCN. The number of benzene rings is 1. The second-order valence-electron chi connectivity index (χ2n) is 4.92. The van der Waals surface area contributed by atoms with Crippen molar-refractivity contribution in [3.05, 3.63) is 40.4 Å². The lowest BCUT2D eigenvalue weighted by molar-refractivity contribution is 0.741. The van der Waals surface area contributed by atoms with Crippen molar-refractivity contribution in [2.75, 3.05) is 6.54 Å². The van der Waals surface area contributed by atoms with Crippen molar-refractivity contribution >= 4 is 11.6 Å². The fraction of sp³-hybridized carbons (Fsp3) is 0.429. The van der Waals surface area contributed by atoms with E-state index < -0.39 is 0 Å². The number of rotatable bonds is 4. The Bertz CT molecular complexity index is 575. The van der Waals surface area contributed by atoms with Crippen LogP contribution in [0.3, 0.4) is 0 Å². The molecule has 0 saturated carbocycles. The van der Waals surface area contributed by atoms with E-state index in [9.17, 15) is 0 Å². The molecule has 4 nitrogen and oxygen atoms in total. The quantitative estimate of drug-likeness (QED) is 0.936. The lowest BCUT2D eigenvalue weighted by Gasteiger charge is -2.09. The zero-order chi connectivity index (χ0) is 14.0. The Hall–Kier alpha value is -1.39. The summed E-state index contributed by atoms with van der Waals surface area (Å²) in [6.07, 6.45) is 0.700. The fourth-order valence-corrected chi connectivity index (χ4v) is 2.07. The zero-order valence-corrected chi connectivity index (χ0v) is 12.3. The van der Waals surface area contributed by atoms with Gasteiger partial charge >= 0.3 is 0 Å². The first-order chi connectivity index (χ1) is 9.02. The number of hydrogen-bond donors (Lipinski definition) is 1. The van der Waals surface area contributed by atoms with Crippen LogP contribution in [0.4, 0.5) is 0 Å². The molecule has 0 bridgehead atoms. The summed E-state index contributed by atoms with van der Waals surface area (Å²) in [5.74, 6) is 2.01. The van der Waals surface area contributed by atoms with E-state index in [-0.39, 0.29) is 5.92 Å². The van der Waals surface area contributed by atoms with Gasteiger partial charge in [0.15, 0.2) is 5.82 Å². The van der Waals surface area contributed by atoms with Crippen LogP contribution in [0, 0.1) is 6.92 Å². The van der Waals surface area contributed by atoms with Crippen LogP contribution in [0.5, 0.6) is 0 Å². The largest absolute Gasteiger partial charge is 0.330 e. The first-order valence-electron chi connectivity index (χ1n) is 6.45. The minimum atomic E-state index is 0.289. The predicted molar refractivity (Wildman–Crippen MR) is 78.0 cm³/mol. The summed E-state index contributed by atoms with van der Waals surface area (Å²) in [6.45, 7) is 6.75. The van der Waals surface area contributed by atoms with E-state index in [1.54, 1.807) is 0 Å². The summed E-state index contributed by atoms with van der Waals surface area (Å²) >= 11 is 6.08. The molecule has 0 aliphatic rings. The Morgan fingerprint density at radius 3 is 2.74 bits per heavy atom. The number of aromatic nitrogens is 3. The van der Waals surface area contributed by atoms with Gasteiger partial charge in [0, 0.05) is 17.4 Å². The molecule has 2 N–H and O–H groups in total. The number of nitrogens with two attached hydrogens (primary N) is 1. The number of nitrogens with zero attached hydrogens (tertiary/aromatic N) is 3. The van der Waals surface area contributed by atoms with E-state index in [2.05, 4.69) is 23.9 Å². The Balaban J connectivity index is 2.56. The molecule has 19 heavy (non-hydrogen) atoms. The summed E-state index contributed by atoms with van der Waals surface area (Å²) in [5.41, 5.74) is 7.74. The molecular weight excluding hydrogens is 260 g/mol. The average molecular weight is 279 g/mol. The maximum Gasteiger partial charge on any atom is 0.153 e. The Labute approximate surface area is 118 Å². The van der Waals surface area contributed by atoms with Crippen LogP contribution in [0.2, 0.25) is 5.02 Å². The van der Waals surface area contributed by atoms with E-state index in [4.69, 9.17) is 17.3 Å². The van der Waals surface area contributed by atoms with Gasteiger partial charge in [0.2, 0.25) is 0 Å². The third-order valence-corrected chi connectivity index (χ3v) is 3.21. The van der Waals surface area contributed by atoms with E-state index in [0.29, 0.717) is 18.0 Å². The number of halogens is 1. The van der Waals surface area contributed by atoms with Crippen LogP contribution in [0.25, 0.3) is 5.69 Å². The second-order valence-corrected chi connectivity index (χ2v) is 5.36. The van der Waals surface area contributed by atoms with Crippen molar-refractivity contribution in [2.24, 2.45) is 5.73 Å². The molecule has 5 heteroatoms. The number of hydrogen-bond acceptors (Lipinski definition) is 3. The van der Waals surface area contributed by atoms with Crippen LogP contribution >= 0.6 is 11.6 Å².